The molecule has 0 aliphatic rings. The van der Waals surface area contributed by atoms with Crippen LogP contribution >= 0.6 is 0 Å². The van der Waals surface area contributed by atoms with Gasteiger partial charge in [0.1, 0.15) is 0 Å². The molecule has 0 spiro atoms. The predicted molar refractivity (Wildman–Crippen MR) is 45.3 cm³/mol. The van der Waals surface area contributed by atoms with Crippen LogP contribution in [0.2, 0.25) is 0 Å². The summed E-state index contributed by atoms with van der Waals surface area (Å²) in [7, 11) is 0. The predicted octanol–water partition coefficient (Wildman–Crippen LogP) is -0.330. The van der Waals surface area contributed by atoms with E-state index in [2.05, 4.69) is 18.5 Å². The van der Waals surface area contributed by atoms with Gasteiger partial charge in [-0.2, -0.15) is 0 Å². The lowest BCUT2D eigenvalue weighted by atomic mass is 10.3. The fourth-order valence-corrected chi connectivity index (χ4v) is 0.546. The third-order valence-electron chi connectivity index (χ3n) is 1.25. The average molecular weight is 157 g/mol. The van der Waals surface area contributed by atoms with Crippen molar-refractivity contribution < 1.29 is 10.2 Å². The van der Waals surface area contributed by atoms with E-state index in [0.717, 1.165) is 0 Å². The van der Waals surface area contributed by atoms with Crippen LogP contribution in [0.5, 0.6) is 0 Å². The fourth-order valence-electron chi connectivity index (χ4n) is 0.546. The lowest BCUT2D eigenvalue weighted by molar-refractivity contribution is 0.192. The maximum Gasteiger partial charge on any atom is 0.0842 e. The van der Waals surface area contributed by atoms with Gasteiger partial charge in [0.25, 0.3) is 0 Å². The van der Waals surface area contributed by atoms with Crippen molar-refractivity contribution in [3.8, 4) is 0 Å². The van der Waals surface area contributed by atoms with Crippen molar-refractivity contribution >= 4 is 0 Å². The standard InChI is InChI=1S/C8H15NO2/c1-3-7(10)5-9-6-8(11)4-2/h3-4,7-11H,1-2,5-6H2. The van der Waals surface area contributed by atoms with Gasteiger partial charge in [-0.25, -0.2) is 0 Å². The molecule has 3 N–H and O–H groups in total. The Morgan fingerprint density at radius 2 is 1.45 bits per heavy atom. The quantitative estimate of drug-likeness (QED) is 0.463. The summed E-state index contributed by atoms with van der Waals surface area (Å²) in [6, 6.07) is 0. The van der Waals surface area contributed by atoms with E-state index in [1.807, 2.05) is 0 Å². The summed E-state index contributed by atoms with van der Waals surface area (Å²) in [5.41, 5.74) is 0. The summed E-state index contributed by atoms with van der Waals surface area (Å²) in [6.45, 7) is 7.63. The largest absolute Gasteiger partial charge is 0.388 e. The van der Waals surface area contributed by atoms with Crippen LogP contribution in [0.25, 0.3) is 0 Å². The molecule has 0 aromatic heterocycles. The van der Waals surface area contributed by atoms with Crippen LogP contribution in [0.4, 0.5) is 0 Å². The van der Waals surface area contributed by atoms with Gasteiger partial charge in [0.2, 0.25) is 0 Å². The first-order chi connectivity index (χ1) is 5.20. The zero-order chi connectivity index (χ0) is 8.69. The van der Waals surface area contributed by atoms with Crippen molar-refractivity contribution in [2.75, 3.05) is 13.1 Å². The molecule has 0 aliphatic carbocycles. The molecule has 64 valence electrons. The van der Waals surface area contributed by atoms with Crippen LogP contribution in [-0.2, 0) is 0 Å². The highest BCUT2D eigenvalue weighted by Crippen LogP contribution is 1.82. The summed E-state index contributed by atoms with van der Waals surface area (Å²) in [5, 5.41) is 20.8. The van der Waals surface area contributed by atoms with Gasteiger partial charge in [0, 0.05) is 13.1 Å². The lowest BCUT2D eigenvalue weighted by Crippen LogP contribution is -2.31. The molecule has 0 fully saturated rings. The topological polar surface area (TPSA) is 52.5 Å². The monoisotopic (exact) mass is 157 g/mol. The number of aliphatic hydroxyl groups excluding tert-OH is 2. The highest BCUT2D eigenvalue weighted by molar-refractivity contribution is 4.83. The van der Waals surface area contributed by atoms with E-state index in [1.54, 1.807) is 0 Å². The Labute approximate surface area is 67.1 Å². The SMILES string of the molecule is C=CC(O)CNCC(O)C=C. The summed E-state index contributed by atoms with van der Waals surface area (Å²) < 4.78 is 0. The second-order valence-electron chi connectivity index (χ2n) is 2.26. The molecule has 3 heteroatoms. The molecule has 0 radical (unpaired) electrons. The van der Waals surface area contributed by atoms with Crippen molar-refractivity contribution in [3.63, 3.8) is 0 Å². The van der Waals surface area contributed by atoms with Crippen LogP contribution in [0.15, 0.2) is 25.3 Å². The molecule has 0 aromatic carbocycles. The molecule has 3 nitrogen and oxygen atoms in total. The maximum atomic E-state index is 8.96. The molecular formula is C8H15NO2. The van der Waals surface area contributed by atoms with E-state index < -0.39 is 12.2 Å². The first-order valence-corrected chi connectivity index (χ1v) is 3.52. The zero-order valence-electron chi connectivity index (χ0n) is 6.53. The van der Waals surface area contributed by atoms with Crippen LogP contribution in [0, 0.1) is 0 Å². The van der Waals surface area contributed by atoms with Crippen molar-refractivity contribution in [3.05, 3.63) is 25.3 Å². The minimum absolute atomic E-state index is 0.411. The number of hydrogen-bond acceptors (Lipinski definition) is 3. The summed E-state index contributed by atoms with van der Waals surface area (Å²) in [4.78, 5) is 0. The van der Waals surface area contributed by atoms with Crippen molar-refractivity contribution in [1.82, 2.24) is 5.32 Å². The molecule has 0 aliphatic heterocycles. The van der Waals surface area contributed by atoms with E-state index in [1.165, 1.54) is 12.2 Å². The van der Waals surface area contributed by atoms with Crippen LogP contribution < -0.4 is 5.32 Å². The number of hydrogen-bond donors (Lipinski definition) is 3. The average Bonchev–Trinajstić information content (AvgIpc) is 2.04. The zero-order valence-corrected chi connectivity index (χ0v) is 6.53. The van der Waals surface area contributed by atoms with Gasteiger partial charge in [0.05, 0.1) is 12.2 Å². The summed E-state index contributed by atoms with van der Waals surface area (Å²) in [5.74, 6) is 0. The van der Waals surface area contributed by atoms with Gasteiger partial charge in [-0.3, -0.25) is 0 Å². The molecule has 0 saturated carbocycles. The molecular weight excluding hydrogens is 142 g/mol. The minimum atomic E-state index is -0.549. The number of rotatable bonds is 6. The Balaban J connectivity index is 3.26. The third-order valence-corrected chi connectivity index (χ3v) is 1.25. The van der Waals surface area contributed by atoms with Gasteiger partial charge in [-0.15, -0.1) is 13.2 Å². The molecule has 0 heterocycles. The van der Waals surface area contributed by atoms with Crippen LogP contribution in [-0.4, -0.2) is 35.5 Å². The minimum Gasteiger partial charge on any atom is -0.388 e. The Bertz CT molecular complexity index is 111. The molecule has 0 amide bonds. The molecule has 2 unspecified atom stereocenters. The Hall–Kier alpha value is -0.640. The first-order valence-electron chi connectivity index (χ1n) is 3.52. The molecule has 0 rings (SSSR count). The van der Waals surface area contributed by atoms with Gasteiger partial charge in [-0.05, 0) is 0 Å². The van der Waals surface area contributed by atoms with Crippen molar-refractivity contribution in [2.45, 2.75) is 12.2 Å². The Morgan fingerprint density at radius 3 is 1.73 bits per heavy atom. The highest BCUT2D eigenvalue weighted by Gasteiger charge is 1.99. The summed E-state index contributed by atoms with van der Waals surface area (Å²) in [6.07, 6.45) is 1.78. The maximum absolute atomic E-state index is 8.96. The van der Waals surface area contributed by atoms with Gasteiger partial charge in [-0.1, -0.05) is 12.2 Å². The molecule has 0 aromatic rings. The molecule has 2 atom stereocenters. The summed E-state index contributed by atoms with van der Waals surface area (Å²) >= 11 is 0. The van der Waals surface area contributed by atoms with E-state index in [4.69, 9.17) is 10.2 Å². The van der Waals surface area contributed by atoms with Gasteiger partial charge < -0.3 is 15.5 Å². The molecule has 11 heavy (non-hydrogen) atoms. The fraction of sp³-hybridized carbons (Fsp3) is 0.500. The smallest absolute Gasteiger partial charge is 0.0842 e. The lowest BCUT2D eigenvalue weighted by Gasteiger charge is -2.08. The number of aliphatic hydroxyl groups is 2. The Morgan fingerprint density at radius 1 is 1.09 bits per heavy atom. The third kappa shape index (κ3) is 5.79. The first kappa shape index (κ1) is 10.4. The number of nitrogens with one attached hydrogen (secondary N) is 1. The van der Waals surface area contributed by atoms with Crippen molar-refractivity contribution in [2.24, 2.45) is 0 Å². The second kappa shape index (κ2) is 6.09. The normalized spacial score (nSPS) is 15.5. The Kier molecular flexibility index (Phi) is 5.74. The van der Waals surface area contributed by atoms with E-state index in [-0.39, 0.29) is 0 Å². The van der Waals surface area contributed by atoms with Gasteiger partial charge >= 0.3 is 0 Å². The van der Waals surface area contributed by atoms with E-state index >= 15 is 0 Å². The van der Waals surface area contributed by atoms with E-state index in [9.17, 15) is 0 Å². The van der Waals surface area contributed by atoms with Crippen LogP contribution in [0.1, 0.15) is 0 Å². The van der Waals surface area contributed by atoms with E-state index in [0.29, 0.717) is 13.1 Å². The molecule has 0 saturated heterocycles. The van der Waals surface area contributed by atoms with Crippen molar-refractivity contribution in [1.29, 1.82) is 0 Å². The van der Waals surface area contributed by atoms with Gasteiger partial charge in [0.15, 0.2) is 0 Å². The molecule has 0 bridgehead atoms. The van der Waals surface area contributed by atoms with Crippen LogP contribution in [0.3, 0.4) is 0 Å². The second-order valence-corrected chi connectivity index (χ2v) is 2.26. The highest BCUT2D eigenvalue weighted by atomic mass is 16.3.